The van der Waals surface area contributed by atoms with Crippen LogP contribution in [0.2, 0.25) is 0 Å². The summed E-state index contributed by atoms with van der Waals surface area (Å²) in [7, 11) is -2.03. The van der Waals surface area contributed by atoms with Crippen molar-refractivity contribution in [1.82, 2.24) is 13.9 Å². The van der Waals surface area contributed by atoms with Crippen LogP contribution in [0.4, 0.5) is 5.13 Å². The van der Waals surface area contributed by atoms with Crippen molar-refractivity contribution < 1.29 is 17.9 Å². The van der Waals surface area contributed by atoms with Gasteiger partial charge in [0.05, 0.1) is 12.8 Å². The van der Waals surface area contributed by atoms with Gasteiger partial charge in [-0.15, -0.1) is 0 Å². The predicted octanol–water partition coefficient (Wildman–Crippen LogP) is 2.60. The standard InChI is InChI=1S/C19H17N5O4S2/c1-12-6-7-16(28-2)15(9-12)24-8-4-5-14(24)10-13(11-20)17(25)21-18-22-19(23-29-18)30(3,26)27/h4-10H,1-3H3,(H,21,22,23,25). The Kier molecular flexibility index (Phi) is 6.00. The molecular formula is C19H17N5O4S2. The van der Waals surface area contributed by atoms with Crippen LogP contribution in [0.25, 0.3) is 11.8 Å². The second kappa shape index (κ2) is 8.48. The number of carbonyl (C=O) groups excluding carboxylic acids is 1. The molecule has 9 nitrogen and oxygen atoms in total. The summed E-state index contributed by atoms with van der Waals surface area (Å²) in [5, 5.41) is 11.5. The first kappa shape index (κ1) is 21.2. The maximum absolute atomic E-state index is 12.5. The highest BCUT2D eigenvalue weighted by atomic mass is 32.2. The number of aromatic nitrogens is 3. The minimum Gasteiger partial charge on any atom is -0.495 e. The molecule has 0 bridgehead atoms. The monoisotopic (exact) mass is 443 g/mol. The molecule has 0 fully saturated rings. The lowest BCUT2D eigenvalue weighted by Crippen LogP contribution is -2.14. The molecule has 3 aromatic rings. The summed E-state index contributed by atoms with van der Waals surface area (Å²) in [6, 6.07) is 11.1. The maximum Gasteiger partial charge on any atom is 0.268 e. The molecule has 0 aliphatic heterocycles. The lowest BCUT2D eigenvalue weighted by molar-refractivity contribution is -0.112. The fraction of sp³-hybridized carbons (Fsp3) is 0.158. The van der Waals surface area contributed by atoms with Gasteiger partial charge in [0.1, 0.15) is 17.4 Å². The van der Waals surface area contributed by atoms with Crippen molar-refractivity contribution in [3.05, 3.63) is 53.4 Å². The lowest BCUT2D eigenvalue weighted by atomic mass is 10.2. The Morgan fingerprint density at radius 3 is 2.77 bits per heavy atom. The van der Waals surface area contributed by atoms with Gasteiger partial charge in [-0.05, 0) is 42.8 Å². The maximum atomic E-state index is 12.5. The molecule has 2 heterocycles. The van der Waals surface area contributed by atoms with Crippen LogP contribution in [-0.4, -0.2) is 41.6 Å². The second-order valence-electron chi connectivity index (χ2n) is 6.26. The van der Waals surface area contributed by atoms with E-state index in [1.807, 2.05) is 31.2 Å². The third kappa shape index (κ3) is 4.56. The van der Waals surface area contributed by atoms with E-state index in [0.717, 1.165) is 17.5 Å². The zero-order valence-corrected chi connectivity index (χ0v) is 17.9. The Hall–Kier alpha value is -3.49. The Morgan fingerprint density at radius 1 is 1.37 bits per heavy atom. The first-order chi connectivity index (χ1) is 14.2. The molecule has 30 heavy (non-hydrogen) atoms. The molecule has 0 saturated carbocycles. The average molecular weight is 444 g/mol. The molecular weight excluding hydrogens is 426 g/mol. The molecule has 1 aromatic carbocycles. The highest BCUT2D eigenvalue weighted by Gasteiger charge is 2.18. The van der Waals surface area contributed by atoms with E-state index in [9.17, 15) is 18.5 Å². The summed E-state index contributed by atoms with van der Waals surface area (Å²) in [6.45, 7) is 1.95. The van der Waals surface area contributed by atoms with Gasteiger partial charge in [0.15, 0.2) is 0 Å². The van der Waals surface area contributed by atoms with Gasteiger partial charge in [-0.2, -0.15) is 14.6 Å². The Balaban J connectivity index is 1.92. The molecule has 154 valence electrons. The summed E-state index contributed by atoms with van der Waals surface area (Å²) in [6.07, 6.45) is 4.18. The van der Waals surface area contributed by atoms with E-state index >= 15 is 0 Å². The van der Waals surface area contributed by atoms with Crippen molar-refractivity contribution in [2.75, 3.05) is 18.7 Å². The van der Waals surface area contributed by atoms with Gasteiger partial charge in [0.25, 0.3) is 11.1 Å². The highest BCUT2D eigenvalue weighted by Crippen LogP contribution is 2.26. The van der Waals surface area contributed by atoms with Crippen molar-refractivity contribution in [3.8, 4) is 17.5 Å². The van der Waals surface area contributed by atoms with E-state index in [1.54, 1.807) is 30.0 Å². The van der Waals surface area contributed by atoms with Gasteiger partial charge in [0.2, 0.25) is 15.0 Å². The highest BCUT2D eigenvalue weighted by molar-refractivity contribution is 7.90. The van der Waals surface area contributed by atoms with E-state index in [2.05, 4.69) is 14.7 Å². The van der Waals surface area contributed by atoms with Gasteiger partial charge in [-0.25, -0.2) is 8.42 Å². The number of benzene rings is 1. The van der Waals surface area contributed by atoms with Crippen molar-refractivity contribution >= 4 is 38.5 Å². The van der Waals surface area contributed by atoms with Crippen LogP contribution < -0.4 is 10.1 Å². The van der Waals surface area contributed by atoms with E-state index in [-0.39, 0.29) is 15.9 Å². The molecule has 11 heteroatoms. The summed E-state index contributed by atoms with van der Waals surface area (Å²) in [5.41, 5.74) is 2.18. The van der Waals surface area contributed by atoms with E-state index < -0.39 is 15.7 Å². The minimum atomic E-state index is -3.59. The molecule has 0 aliphatic rings. The molecule has 3 rings (SSSR count). The minimum absolute atomic E-state index is 0.0164. The summed E-state index contributed by atoms with van der Waals surface area (Å²) >= 11 is 0.717. The number of sulfone groups is 1. The zero-order valence-electron chi connectivity index (χ0n) is 16.3. The number of nitriles is 1. The lowest BCUT2D eigenvalue weighted by Gasteiger charge is -2.13. The molecule has 1 N–H and O–H groups in total. The molecule has 0 unspecified atom stereocenters. The fourth-order valence-electron chi connectivity index (χ4n) is 2.59. The predicted molar refractivity (Wildman–Crippen MR) is 112 cm³/mol. The molecule has 0 aliphatic carbocycles. The zero-order chi connectivity index (χ0) is 21.9. The van der Waals surface area contributed by atoms with Crippen LogP contribution in [0, 0.1) is 18.3 Å². The molecule has 0 saturated heterocycles. The SMILES string of the molecule is COc1ccc(C)cc1-n1cccc1C=C(C#N)C(=O)Nc1nc(S(C)(=O)=O)ns1. The Labute approximate surface area is 177 Å². The molecule has 2 aromatic heterocycles. The molecule has 0 spiro atoms. The van der Waals surface area contributed by atoms with Crippen LogP contribution in [0.1, 0.15) is 11.3 Å². The average Bonchev–Trinajstić information content (AvgIpc) is 3.35. The van der Waals surface area contributed by atoms with Gasteiger partial charge >= 0.3 is 0 Å². The third-order valence-corrected chi connectivity index (χ3v) is 5.58. The van der Waals surface area contributed by atoms with E-state index in [4.69, 9.17) is 4.74 Å². The van der Waals surface area contributed by atoms with Crippen LogP contribution in [0.3, 0.4) is 0 Å². The van der Waals surface area contributed by atoms with Crippen LogP contribution in [-0.2, 0) is 14.6 Å². The third-order valence-electron chi connectivity index (χ3n) is 3.99. The van der Waals surface area contributed by atoms with Crippen molar-refractivity contribution in [1.29, 1.82) is 5.26 Å². The van der Waals surface area contributed by atoms with Gasteiger partial charge in [0, 0.05) is 29.7 Å². The number of rotatable bonds is 6. The van der Waals surface area contributed by atoms with Crippen molar-refractivity contribution in [3.63, 3.8) is 0 Å². The van der Waals surface area contributed by atoms with Gasteiger partial charge in [-0.3, -0.25) is 10.1 Å². The van der Waals surface area contributed by atoms with E-state index in [1.165, 1.54) is 6.08 Å². The topological polar surface area (TPSA) is 127 Å². The van der Waals surface area contributed by atoms with Crippen molar-refractivity contribution in [2.45, 2.75) is 12.1 Å². The van der Waals surface area contributed by atoms with Crippen molar-refractivity contribution in [2.24, 2.45) is 0 Å². The Morgan fingerprint density at radius 2 is 2.13 bits per heavy atom. The number of methoxy groups -OCH3 is 1. The van der Waals surface area contributed by atoms with Gasteiger partial charge in [-0.1, -0.05) is 6.07 Å². The van der Waals surface area contributed by atoms with Gasteiger partial charge < -0.3 is 9.30 Å². The first-order valence-electron chi connectivity index (χ1n) is 8.52. The van der Waals surface area contributed by atoms with Crippen LogP contribution in [0.5, 0.6) is 5.75 Å². The smallest absolute Gasteiger partial charge is 0.268 e. The summed E-state index contributed by atoms with van der Waals surface area (Å²) < 4.78 is 33.9. The van der Waals surface area contributed by atoms with E-state index in [0.29, 0.717) is 23.0 Å². The summed E-state index contributed by atoms with van der Waals surface area (Å²) in [5.74, 6) is -0.0887. The number of nitrogens with one attached hydrogen (secondary N) is 1. The number of aryl methyl sites for hydroxylation is 1. The largest absolute Gasteiger partial charge is 0.495 e. The molecule has 0 radical (unpaired) electrons. The number of anilines is 1. The first-order valence-corrected chi connectivity index (χ1v) is 11.2. The summed E-state index contributed by atoms with van der Waals surface area (Å²) in [4.78, 5) is 16.3. The number of hydrogen-bond acceptors (Lipinski definition) is 8. The van der Waals surface area contributed by atoms with Crippen LogP contribution in [0.15, 0.2) is 47.3 Å². The number of hydrogen-bond donors (Lipinski definition) is 1. The quantitative estimate of drug-likeness (QED) is 0.458. The number of ether oxygens (including phenoxy) is 1. The molecule has 1 amide bonds. The number of amides is 1. The normalized spacial score (nSPS) is 11.7. The van der Waals surface area contributed by atoms with Crippen LogP contribution >= 0.6 is 11.5 Å². The second-order valence-corrected chi connectivity index (χ2v) is 8.92. The fourth-order valence-corrected chi connectivity index (χ4v) is 4.03. The Bertz CT molecular complexity index is 1280. The number of carbonyl (C=O) groups is 1. The number of nitrogens with zero attached hydrogens (tertiary/aromatic N) is 4. The molecule has 0 atom stereocenters.